The first-order chi connectivity index (χ1) is 38.8. The molecule has 1 aliphatic carbocycles. The maximum Gasteiger partial charge on any atom is 0.308 e. The minimum atomic E-state index is -1.18. The van der Waals surface area contributed by atoms with Gasteiger partial charge in [-0.25, -0.2) is 0 Å². The Bertz CT molecular complexity index is 2410. The highest BCUT2D eigenvalue weighted by Gasteiger charge is 2.74. The van der Waals surface area contributed by atoms with Crippen molar-refractivity contribution in [2.75, 3.05) is 6.61 Å². The van der Waals surface area contributed by atoms with Gasteiger partial charge in [-0.05, 0) is 99.0 Å². The van der Waals surface area contributed by atoms with E-state index in [-0.39, 0.29) is 140 Å². The molecule has 0 amide bonds. The molecule has 15 heterocycles. The average molecular weight is 1140 g/mol. The molecule has 4 N–H and O–H groups in total. The van der Waals surface area contributed by atoms with E-state index in [0.29, 0.717) is 77.0 Å². The van der Waals surface area contributed by atoms with Gasteiger partial charge in [0.1, 0.15) is 30.0 Å². The van der Waals surface area contributed by atoms with Crippen LogP contribution in [-0.4, -0.2) is 196 Å². The van der Waals surface area contributed by atoms with Crippen molar-refractivity contribution in [2.45, 2.75) is 319 Å². The molecule has 16 rings (SSSR count). The number of esters is 1. The normalized spacial score (nSPS) is 57.0. The molecule has 0 radical (unpaired) electrons. The van der Waals surface area contributed by atoms with Gasteiger partial charge in [0.25, 0.3) is 0 Å². The number of hydrogen-bond donors (Lipinski definition) is 4. The lowest BCUT2D eigenvalue weighted by molar-refractivity contribution is -0.347. The molecule has 0 aromatic rings. The minimum absolute atomic E-state index is 0.0196. The SMILES string of the molecule is C=C1C[C@@H]2CC[C@@]34C[C@H]5O[C@H]6[C@@H](O3)[C@H]3O[C@H](CC[C@@H]3C[C@@]6(O)[C@H]5O4)CC(=O)O[C@@H]3[C@@H](C)[C@@H]4O[C@@H]5C[C@]6(C[C@@H]7O[C@]8(C[C@H](C)[C@@H]9O[C@H]([C@@H](O)CCC(O)CO)C[C@@H]9O8)C[C@H](C)[C@@H]7O6)O[C@@H]5C[C@@H]4O[C@H]3C[C@H]3O[C@@H](CC[C@@H]1O2)C[C@@H](C)C3=C. The van der Waals surface area contributed by atoms with Gasteiger partial charge in [-0.15, -0.1) is 0 Å². The number of fused-ring (bicyclic) bond motifs is 10. The number of carbonyl (C=O) groups is 1. The maximum atomic E-state index is 14.6. The van der Waals surface area contributed by atoms with Crippen LogP contribution in [0, 0.1) is 29.6 Å². The van der Waals surface area contributed by atoms with Crippen molar-refractivity contribution in [1.82, 2.24) is 0 Å². The van der Waals surface area contributed by atoms with Crippen molar-refractivity contribution in [3.63, 3.8) is 0 Å². The topological polar surface area (TPSA) is 227 Å². The fourth-order valence-corrected chi connectivity index (χ4v) is 19.0. The van der Waals surface area contributed by atoms with Crippen LogP contribution in [0.5, 0.6) is 0 Å². The monoisotopic (exact) mass is 1140 g/mol. The van der Waals surface area contributed by atoms with Crippen molar-refractivity contribution in [2.24, 2.45) is 29.6 Å². The molecule has 1 saturated carbocycles. The molecule has 3 spiro atoms. The number of aliphatic hydroxyl groups is 4. The van der Waals surface area contributed by atoms with Crippen LogP contribution in [-0.2, 0) is 71.1 Å². The van der Waals surface area contributed by atoms with Gasteiger partial charge in [-0.3, -0.25) is 4.79 Å². The summed E-state index contributed by atoms with van der Waals surface area (Å²) in [7, 11) is 0. The Morgan fingerprint density at radius 2 is 1.26 bits per heavy atom. The van der Waals surface area contributed by atoms with E-state index in [1.807, 2.05) is 0 Å². The third-order valence-corrected chi connectivity index (χ3v) is 22.9. The third kappa shape index (κ3) is 9.65. The predicted octanol–water partition coefficient (Wildman–Crippen LogP) is 5.30. The number of ether oxygens (including phenoxy) is 14. The molecule has 0 aromatic carbocycles. The molecule has 15 aliphatic heterocycles. The standard InChI is InChI=1S/C62H90O19/c1-28-15-36-10-12-40-29(2)16-38(68-40)13-14-59-26-49-57(81-59)62(67)23-34-7-9-37(70-55(34)56(80-59)58(62)74-49)17-50(66)75-54-33(6)53-45(71-44(54)18-41(69-36)32(28)5)20-43-47(73-53)24-61(76-43)25-48-52(79-61)31(4)22-60(78-48)21-30(3)51-46(77-60)19-42(72-51)39(65)11-8-35(64)27-63/h28,30-31,33-49,51-58,63-65,67H,2,5,7-27H2,1,3-4,6H3/t28-,30+,31+,33+,34-,35?,36+,37-,38+,39+,40+,41-,42+,43-,44+,45+,46+,47-,48+,49-,51+,52+,53+,54-,55+,56+,57+,58+,59-,60-,61+,62-/m1/s1. The minimum Gasteiger partial charge on any atom is -0.459 e. The second-order valence-electron chi connectivity index (χ2n) is 28.6. The summed E-state index contributed by atoms with van der Waals surface area (Å²) < 4.78 is 97.0. The van der Waals surface area contributed by atoms with Crippen LogP contribution in [0.2, 0.25) is 0 Å². The number of hydrogen-bond acceptors (Lipinski definition) is 19. The van der Waals surface area contributed by atoms with E-state index in [1.54, 1.807) is 0 Å². The highest BCUT2D eigenvalue weighted by molar-refractivity contribution is 5.70. The summed E-state index contributed by atoms with van der Waals surface area (Å²) in [6.45, 7) is 17.5. The first-order valence-electron chi connectivity index (χ1n) is 31.7. The Labute approximate surface area is 475 Å². The van der Waals surface area contributed by atoms with Gasteiger partial charge in [-0.1, -0.05) is 40.9 Å². The number of aliphatic hydroxyl groups excluding tert-OH is 3. The molecule has 452 valence electrons. The number of carbonyl (C=O) groups excluding carboxylic acids is 1. The quantitative estimate of drug-likeness (QED) is 0.202. The highest BCUT2D eigenvalue weighted by Crippen LogP contribution is 2.61. The highest BCUT2D eigenvalue weighted by atomic mass is 16.8. The average Bonchev–Trinajstić information content (AvgIpc) is 2.28. The van der Waals surface area contributed by atoms with Crippen LogP contribution in [0.25, 0.3) is 0 Å². The van der Waals surface area contributed by atoms with E-state index in [1.165, 1.54) is 0 Å². The van der Waals surface area contributed by atoms with Gasteiger partial charge >= 0.3 is 5.97 Å². The second kappa shape index (κ2) is 20.7. The van der Waals surface area contributed by atoms with Gasteiger partial charge in [0.15, 0.2) is 17.4 Å². The zero-order valence-electron chi connectivity index (χ0n) is 47.8. The van der Waals surface area contributed by atoms with E-state index in [2.05, 4.69) is 40.9 Å². The maximum absolute atomic E-state index is 14.6. The molecule has 19 nitrogen and oxygen atoms in total. The first kappa shape index (κ1) is 55.8. The van der Waals surface area contributed by atoms with Crippen LogP contribution >= 0.6 is 0 Å². The lowest BCUT2D eigenvalue weighted by Crippen LogP contribution is -2.64. The molecule has 1 unspecified atom stereocenters. The van der Waals surface area contributed by atoms with E-state index in [0.717, 1.165) is 49.7 Å². The Morgan fingerprint density at radius 1 is 0.543 bits per heavy atom. The lowest BCUT2D eigenvalue weighted by atomic mass is 9.68. The molecule has 19 heteroatoms. The van der Waals surface area contributed by atoms with Crippen LogP contribution in [0.4, 0.5) is 0 Å². The molecule has 16 fully saturated rings. The Kier molecular flexibility index (Phi) is 14.3. The molecule has 16 aliphatic rings. The van der Waals surface area contributed by atoms with Gasteiger partial charge in [0.05, 0.1) is 129 Å². The number of rotatable bonds is 5. The Hall–Kier alpha value is -1.73. The van der Waals surface area contributed by atoms with Crippen molar-refractivity contribution < 1.29 is 91.5 Å². The van der Waals surface area contributed by atoms with E-state index < -0.39 is 77.9 Å². The van der Waals surface area contributed by atoms with Gasteiger partial charge in [0.2, 0.25) is 0 Å². The second-order valence-corrected chi connectivity index (χ2v) is 28.6. The van der Waals surface area contributed by atoms with Crippen LogP contribution in [0.15, 0.2) is 24.3 Å². The summed E-state index contributed by atoms with van der Waals surface area (Å²) >= 11 is 0. The van der Waals surface area contributed by atoms with Crippen LogP contribution in [0.3, 0.4) is 0 Å². The summed E-state index contributed by atoms with van der Waals surface area (Å²) in [5.74, 6) is -2.85. The van der Waals surface area contributed by atoms with Gasteiger partial charge in [0, 0.05) is 63.7 Å². The molecule has 15 saturated heterocycles. The summed E-state index contributed by atoms with van der Waals surface area (Å²) in [5.41, 5.74) is 0.949. The third-order valence-electron chi connectivity index (χ3n) is 22.9. The summed E-state index contributed by atoms with van der Waals surface area (Å²) in [6, 6.07) is 0. The van der Waals surface area contributed by atoms with Gasteiger partial charge in [-0.2, -0.15) is 0 Å². The Balaban J connectivity index is 0.652. The molecular formula is C62H90O19. The van der Waals surface area contributed by atoms with Crippen molar-refractivity contribution in [3.8, 4) is 0 Å². The lowest BCUT2D eigenvalue weighted by Gasteiger charge is -2.51. The van der Waals surface area contributed by atoms with Gasteiger partial charge < -0.3 is 86.7 Å². The molecule has 81 heavy (non-hydrogen) atoms. The fourth-order valence-electron chi connectivity index (χ4n) is 19.0. The summed E-state index contributed by atoms with van der Waals surface area (Å²) in [5, 5.41) is 42.7. The predicted molar refractivity (Wildman–Crippen MR) is 283 cm³/mol. The van der Waals surface area contributed by atoms with Crippen LogP contribution in [0.1, 0.15) is 156 Å². The summed E-state index contributed by atoms with van der Waals surface area (Å²) in [4.78, 5) is 14.6. The molecule has 0 aromatic heterocycles. The zero-order chi connectivity index (χ0) is 55.6. The first-order valence-corrected chi connectivity index (χ1v) is 31.7. The van der Waals surface area contributed by atoms with E-state index in [4.69, 9.17) is 66.3 Å². The van der Waals surface area contributed by atoms with Crippen molar-refractivity contribution in [3.05, 3.63) is 24.3 Å². The molecular weight excluding hydrogens is 1050 g/mol. The smallest absolute Gasteiger partial charge is 0.308 e. The molecule has 12 bridgehead atoms. The van der Waals surface area contributed by atoms with Crippen molar-refractivity contribution in [1.29, 1.82) is 0 Å². The Morgan fingerprint density at radius 3 is 2.10 bits per heavy atom. The largest absolute Gasteiger partial charge is 0.459 e. The van der Waals surface area contributed by atoms with Crippen molar-refractivity contribution >= 4 is 5.97 Å². The van der Waals surface area contributed by atoms with E-state index >= 15 is 0 Å². The summed E-state index contributed by atoms with van der Waals surface area (Å²) in [6.07, 6.45) is 2.96. The zero-order valence-corrected chi connectivity index (χ0v) is 47.8. The fraction of sp³-hybridized carbons (Fsp3) is 0.919. The molecule has 32 atom stereocenters. The van der Waals surface area contributed by atoms with Crippen LogP contribution < -0.4 is 0 Å². The van der Waals surface area contributed by atoms with E-state index in [9.17, 15) is 25.2 Å².